The van der Waals surface area contributed by atoms with Gasteiger partial charge in [0.25, 0.3) is 0 Å². The summed E-state index contributed by atoms with van der Waals surface area (Å²) in [6.45, 7) is 2.04. The van der Waals surface area contributed by atoms with Crippen LogP contribution in [-0.2, 0) is 11.3 Å². The minimum absolute atomic E-state index is 0.0204. The SMILES string of the molecule is Cc1nnc(-c2cc3c(-c4ccc(-c5cnn(CC(=O)N(C)C)c5)cc4)cncc3cc2F)s1. The Bertz CT molecular complexity index is 1510. The molecule has 0 saturated carbocycles. The zero-order chi connectivity index (χ0) is 23.8. The molecule has 0 aliphatic heterocycles. The van der Waals surface area contributed by atoms with Crippen molar-refractivity contribution in [2.75, 3.05) is 14.1 Å². The van der Waals surface area contributed by atoms with Crippen LogP contribution in [-0.4, -0.2) is 49.9 Å². The average Bonchev–Trinajstić information content (AvgIpc) is 3.47. The lowest BCUT2D eigenvalue weighted by Gasteiger charge is -2.10. The summed E-state index contributed by atoms with van der Waals surface area (Å²) in [4.78, 5) is 17.8. The molecule has 170 valence electrons. The second kappa shape index (κ2) is 8.75. The number of halogens is 1. The maximum atomic E-state index is 14.8. The molecular formula is C25H21FN6OS. The third-order valence-electron chi connectivity index (χ3n) is 5.56. The first-order chi connectivity index (χ1) is 16.4. The lowest BCUT2D eigenvalue weighted by atomic mass is 9.97. The van der Waals surface area contributed by atoms with Gasteiger partial charge in [-0.2, -0.15) is 5.10 Å². The minimum Gasteiger partial charge on any atom is -0.347 e. The molecule has 2 aromatic carbocycles. The van der Waals surface area contributed by atoms with Crippen LogP contribution in [0.15, 0.2) is 61.2 Å². The summed E-state index contributed by atoms with van der Waals surface area (Å²) in [7, 11) is 3.44. The first-order valence-electron chi connectivity index (χ1n) is 10.6. The molecule has 5 rings (SSSR count). The zero-order valence-electron chi connectivity index (χ0n) is 18.9. The molecule has 0 atom stereocenters. The van der Waals surface area contributed by atoms with Gasteiger partial charge in [-0.25, -0.2) is 4.39 Å². The standard InChI is InChI=1S/C25H21FN6OS/c1-15-29-30-25(34-15)21-9-20-18(8-23(21)26)10-27-12-22(20)17-6-4-16(5-7-17)19-11-28-32(13-19)14-24(33)31(2)3/h4-13H,14H2,1-3H3. The molecule has 9 heteroatoms. The third-order valence-corrected chi connectivity index (χ3v) is 6.43. The van der Waals surface area contributed by atoms with Crippen LogP contribution in [0, 0.1) is 12.7 Å². The molecule has 0 N–H and O–H groups in total. The van der Waals surface area contributed by atoms with Crippen LogP contribution in [0.1, 0.15) is 5.01 Å². The lowest BCUT2D eigenvalue weighted by molar-refractivity contribution is -0.129. The number of likely N-dealkylation sites (N-methyl/N-ethyl adjacent to an activating group) is 1. The van der Waals surface area contributed by atoms with E-state index in [1.165, 1.54) is 22.3 Å². The van der Waals surface area contributed by atoms with Gasteiger partial charge in [0.2, 0.25) is 5.91 Å². The highest BCUT2D eigenvalue weighted by atomic mass is 32.1. The summed E-state index contributed by atoms with van der Waals surface area (Å²) < 4.78 is 16.4. The van der Waals surface area contributed by atoms with Gasteiger partial charge in [0.1, 0.15) is 17.4 Å². The van der Waals surface area contributed by atoms with Crippen molar-refractivity contribution in [3.63, 3.8) is 0 Å². The van der Waals surface area contributed by atoms with Gasteiger partial charge >= 0.3 is 0 Å². The van der Waals surface area contributed by atoms with Crippen LogP contribution >= 0.6 is 11.3 Å². The van der Waals surface area contributed by atoms with Gasteiger partial charge in [0.15, 0.2) is 5.01 Å². The summed E-state index contributed by atoms with van der Waals surface area (Å²) >= 11 is 1.36. The fourth-order valence-electron chi connectivity index (χ4n) is 3.71. The van der Waals surface area contributed by atoms with Crippen molar-refractivity contribution in [3.05, 3.63) is 72.0 Å². The van der Waals surface area contributed by atoms with Crippen molar-refractivity contribution in [2.45, 2.75) is 13.5 Å². The maximum Gasteiger partial charge on any atom is 0.243 e. The number of benzene rings is 2. The lowest BCUT2D eigenvalue weighted by Crippen LogP contribution is -2.26. The van der Waals surface area contributed by atoms with E-state index >= 15 is 0 Å². The largest absolute Gasteiger partial charge is 0.347 e. The van der Waals surface area contributed by atoms with Crippen molar-refractivity contribution in [3.8, 4) is 32.8 Å². The number of amides is 1. The summed E-state index contributed by atoms with van der Waals surface area (Å²) in [5, 5.41) is 15.4. The molecule has 0 bridgehead atoms. The predicted octanol–water partition coefficient (Wildman–Crippen LogP) is 4.82. The summed E-state index contributed by atoms with van der Waals surface area (Å²) in [5.41, 5.74) is 4.20. The summed E-state index contributed by atoms with van der Waals surface area (Å²) in [6.07, 6.45) is 7.05. The highest BCUT2D eigenvalue weighted by Gasteiger charge is 2.15. The summed E-state index contributed by atoms with van der Waals surface area (Å²) in [6, 6.07) is 11.3. The van der Waals surface area contributed by atoms with Crippen molar-refractivity contribution in [1.29, 1.82) is 0 Å². The Balaban J connectivity index is 1.49. The number of nitrogens with zero attached hydrogens (tertiary/aromatic N) is 6. The van der Waals surface area contributed by atoms with Crippen LogP contribution in [0.2, 0.25) is 0 Å². The highest BCUT2D eigenvalue weighted by molar-refractivity contribution is 7.14. The number of pyridine rings is 1. The van der Waals surface area contributed by atoms with Gasteiger partial charge < -0.3 is 4.90 Å². The number of hydrogen-bond donors (Lipinski definition) is 0. The minimum atomic E-state index is -0.345. The average molecular weight is 473 g/mol. The molecule has 0 radical (unpaired) electrons. The normalized spacial score (nSPS) is 11.2. The zero-order valence-corrected chi connectivity index (χ0v) is 19.7. The Morgan fingerprint density at radius 2 is 1.76 bits per heavy atom. The monoisotopic (exact) mass is 472 g/mol. The van der Waals surface area contributed by atoms with E-state index in [2.05, 4.69) is 20.3 Å². The smallest absolute Gasteiger partial charge is 0.243 e. The van der Waals surface area contributed by atoms with Crippen molar-refractivity contribution < 1.29 is 9.18 Å². The van der Waals surface area contributed by atoms with Crippen LogP contribution in [0.3, 0.4) is 0 Å². The molecular weight excluding hydrogens is 451 g/mol. The van der Waals surface area contributed by atoms with Gasteiger partial charge in [-0.3, -0.25) is 14.5 Å². The maximum absolute atomic E-state index is 14.8. The van der Waals surface area contributed by atoms with Crippen molar-refractivity contribution in [1.82, 2.24) is 29.9 Å². The molecule has 0 fully saturated rings. The topological polar surface area (TPSA) is 76.8 Å². The van der Waals surface area contributed by atoms with Crippen LogP contribution in [0.25, 0.3) is 43.6 Å². The molecule has 7 nitrogen and oxygen atoms in total. The van der Waals surface area contributed by atoms with E-state index in [9.17, 15) is 9.18 Å². The van der Waals surface area contributed by atoms with E-state index in [0.717, 1.165) is 38.0 Å². The van der Waals surface area contributed by atoms with Gasteiger partial charge in [0.05, 0.1) is 6.20 Å². The molecule has 0 aliphatic carbocycles. The predicted molar refractivity (Wildman–Crippen MR) is 131 cm³/mol. The summed E-state index contributed by atoms with van der Waals surface area (Å²) in [5.74, 6) is -0.365. The fourth-order valence-corrected chi connectivity index (χ4v) is 4.42. The number of carbonyl (C=O) groups is 1. The first-order valence-corrected chi connectivity index (χ1v) is 11.4. The van der Waals surface area contributed by atoms with Gasteiger partial charge in [0, 0.05) is 54.8 Å². The van der Waals surface area contributed by atoms with E-state index in [1.807, 2.05) is 43.5 Å². The number of rotatable bonds is 5. The van der Waals surface area contributed by atoms with Crippen LogP contribution < -0.4 is 0 Å². The molecule has 0 saturated heterocycles. The Morgan fingerprint density at radius 3 is 2.47 bits per heavy atom. The Labute approximate surface area is 199 Å². The Hall–Kier alpha value is -3.98. The molecule has 0 unspecified atom stereocenters. The Morgan fingerprint density at radius 1 is 1.00 bits per heavy atom. The fraction of sp³-hybridized carbons (Fsp3) is 0.160. The van der Waals surface area contributed by atoms with Gasteiger partial charge in [-0.15, -0.1) is 10.2 Å². The second-order valence-corrected chi connectivity index (χ2v) is 9.34. The first kappa shape index (κ1) is 21.8. The van der Waals surface area contributed by atoms with Crippen LogP contribution in [0.4, 0.5) is 4.39 Å². The number of fused-ring (bicyclic) bond motifs is 1. The molecule has 3 aromatic heterocycles. The quantitative estimate of drug-likeness (QED) is 0.367. The molecule has 0 aliphatic rings. The van der Waals surface area contributed by atoms with E-state index in [-0.39, 0.29) is 18.3 Å². The number of aromatic nitrogens is 5. The van der Waals surface area contributed by atoms with E-state index in [1.54, 1.807) is 37.4 Å². The Kier molecular flexibility index (Phi) is 5.62. The molecule has 1 amide bonds. The van der Waals surface area contributed by atoms with Gasteiger partial charge in [-0.05, 0) is 35.6 Å². The second-order valence-electron chi connectivity index (χ2n) is 8.16. The van der Waals surface area contributed by atoms with Crippen molar-refractivity contribution in [2.24, 2.45) is 0 Å². The van der Waals surface area contributed by atoms with E-state index in [0.29, 0.717) is 10.6 Å². The van der Waals surface area contributed by atoms with Gasteiger partial charge in [-0.1, -0.05) is 35.6 Å². The molecule has 5 aromatic rings. The molecule has 3 heterocycles. The van der Waals surface area contributed by atoms with E-state index in [4.69, 9.17) is 0 Å². The van der Waals surface area contributed by atoms with E-state index < -0.39 is 0 Å². The highest BCUT2D eigenvalue weighted by Crippen LogP contribution is 2.35. The number of carbonyl (C=O) groups excluding carboxylic acids is 1. The van der Waals surface area contributed by atoms with Crippen LogP contribution in [0.5, 0.6) is 0 Å². The number of hydrogen-bond acceptors (Lipinski definition) is 6. The molecule has 0 spiro atoms. The number of aryl methyl sites for hydroxylation is 1. The molecule has 34 heavy (non-hydrogen) atoms. The third kappa shape index (κ3) is 4.17. The van der Waals surface area contributed by atoms with Crippen molar-refractivity contribution >= 4 is 28.0 Å².